The van der Waals surface area contributed by atoms with Crippen molar-refractivity contribution in [3.05, 3.63) is 52.5 Å². The van der Waals surface area contributed by atoms with E-state index in [-0.39, 0.29) is 18.0 Å². The molecule has 0 saturated heterocycles. The number of aromatic nitrogens is 2. The van der Waals surface area contributed by atoms with Crippen LogP contribution in [0.3, 0.4) is 0 Å². The first-order valence-corrected chi connectivity index (χ1v) is 9.28. The van der Waals surface area contributed by atoms with E-state index in [1.54, 1.807) is 0 Å². The number of amides is 1. The van der Waals surface area contributed by atoms with Crippen molar-refractivity contribution in [2.75, 3.05) is 0 Å². The quantitative estimate of drug-likeness (QED) is 0.734. The third-order valence-corrected chi connectivity index (χ3v) is 5.59. The van der Waals surface area contributed by atoms with E-state index in [9.17, 15) is 4.79 Å². The summed E-state index contributed by atoms with van der Waals surface area (Å²) in [6, 6.07) is 11.4. The number of thiophene rings is 1. The van der Waals surface area contributed by atoms with Gasteiger partial charge in [0.1, 0.15) is 4.83 Å². The fourth-order valence-electron chi connectivity index (χ4n) is 2.94. The van der Waals surface area contributed by atoms with Gasteiger partial charge in [-0.1, -0.05) is 44.2 Å². The fourth-order valence-corrected chi connectivity index (χ4v) is 3.92. The number of benzene rings is 1. The van der Waals surface area contributed by atoms with Crippen molar-refractivity contribution in [1.82, 2.24) is 15.1 Å². The van der Waals surface area contributed by atoms with Crippen molar-refractivity contribution in [2.45, 2.75) is 38.8 Å². The van der Waals surface area contributed by atoms with E-state index in [1.165, 1.54) is 11.3 Å². The SMILES string of the molecule is CC(C)c1nn(C)c2sc(C(=O)NC(C)C(N)c3ccccc3)cc12. The molecule has 3 aromatic rings. The van der Waals surface area contributed by atoms with Crippen molar-refractivity contribution < 1.29 is 4.79 Å². The van der Waals surface area contributed by atoms with Crippen LogP contribution in [0.5, 0.6) is 0 Å². The van der Waals surface area contributed by atoms with Crippen molar-refractivity contribution in [3.63, 3.8) is 0 Å². The van der Waals surface area contributed by atoms with Gasteiger partial charge >= 0.3 is 0 Å². The van der Waals surface area contributed by atoms with Crippen LogP contribution >= 0.6 is 11.3 Å². The number of carbonyl (C=O) groups excluding carboxylic acids is 1. The molecule has 0 spiro atoms. The maximum absolute atomic E-state index is 12.7. The summed E-state index contributed by atoms with van der Waals surface area (Å²) in [6.45, 7) is 6.16. The average molecular weight is 356 g/mol. The van der Waals surface area contributed by atoms with Crippen molar-refractivity contribution in [1.29, 1.82) is 0 Å². The van der Waals surface area contributed by atoms with E-state index in [0.29, 0.717) is 10.8 Å². The molecule has 0 fully saturated rings. The topological polar surface area (TPSA) is 72.9 Å². The predicted molar refractivity (Wildman–Crippen MR) is 103 cm³/mol. The largest absolute Gasteiger partial charge is 0.347 e. The molecule has 0 aliphatic rings. The molecule has 0 bridgehead atoms. The summed E-state index contributed by atoms with van der Waals surface area (Å²) in [5.74, 6) is 0.231. The molecule has 0 aliphatic carbocycles. The Morgan fingerprint density at radius 3 is 2.56 bits per heavy atom. The Morgan fingerprint density at radius 1 is 1.24 bits per heavy atom. The highest BCUT2D eigenvalue weighted by Crippen LogP contribution is 2.31. The molecule has 2 heterocycles. The van der Waals surface area contributed by atoms with Gasteiger partial charge in [-0.25, -0.2) is 0 Å². The van der Waals surface area contributed by atoms with Gasteiger partial charge in [-0.05, 0) is 24.5 Å². The van der Waals surface area contributed by atoms with Crippen LogP contribution in [0.15, 0.2) is 36.4 Å². The monoisotopic (exact) mass is 356 g/mol. The molecule has 0 aliphatic heterocycles. The van der Waals surface area contributed by atoms with Gasteiger partial charge in [-0.2, -0.15) is 5.10 Å². The van der Waals surface area contributed by atoms with Crippen LogP contribution in [-0.2, 0) is 7.05 Å². The second-order valence-electron chi connectivity index (χ2n) is 6.69. The fraction of sp³-hybridized carbons (Fsp3) is 0.368. The van der Waals surface area contributed by atoms with Crippen LogP contribution in [0.1, 0.15) is 53.7 Å². The van der Waals surface area contributed by atoms with Crippen LogP contribution in [0, 0.1) is 0 Å². The number of hydrogen-bond acceptors (Lipinski definition) is 4. The molecule has 132 valence electrons. The van der Waals surface area contributed by atoms with E-state index in [0.717, 1.165) is 21.5 Å². The summed E-state index contributed by atoms with van der Waals surface area (Å²) < 4.78 is 1.85. The van der Waals surface area contributed by atoms with E-state index >= 15 is 0 Å². The molecule has 25 heavy (non-hydrogen) atoms. The molecule has 1 aromatic carbocycles. The zero-order chi connectivity index (χ0) is 18.1. The zero-order valence-corrected chi connectivity index (χ0v) is 15.8. The molecule has 5 nitrogen and oxygen atoms in total. The first-order valence-electron chi connectivity index (χ1n) is 8.46. The van der Waals surface area contributed by atoms with Crippen molar-refractivity contribution >= 4 is 27.5 Å². The summed E-state index contributed by atoms with van der Waals surface area (Å²) in [6.07, 6.45) is 0. The minimum atomic E-state index is -0.243. The van der Waals surface area contributed by atoms with Crippen LogP contribution < -0.4 is 11.1 Å². The van der Waals surface area contributed by atoms with Gasteiger partial charge in [0.15, 0.2) is 0 Å². The molecule has 2 aromatic heterocycles. The first-order chi connectivity index (χ1) is 11.9. The van der Waals surface area contributed by atoms with Gasteiger partial charge in [0.2, 0.25) is 0 Å². The van der Waals surface area contributed by atoms with E-state index in [4.69, 9.17) is 5.73 Å². The van der Waals surface area contributed by atoms with Gasteiger partial charge in [0, 0.05) is 24.5 Å². The number of nitrogens with zero attached hydrogens (tertiary/aromatic N) is 2. The first kappa shape index (κ1) is 17.6. The molecular weight excluding hydrogens is 332 g/mol. The summed E-state index contributed by atoms with van der Waals surface area (Å²) in [5.41, 5.74) is 8.32. The molecule has 2 atom stereocenters. The number of fused-ring (bicyclic) bond motifs is 1. The second-order valence-corrected chi connectivity index (χ2v) is 7.72. The molecule has 3 N–H and O–H groups in total. The lowest BCUT2D eigenvalue weighted by molar-refractivity contribution is 0.0939. The molecule has 6 heteroatoms. The minimum Gasteiger partial charge on any atom is -0.347 e. The van der Waals surface area contributed by atoms with Crippen molar-refractivity contribution in [2.24, 2.45) is 12.8 Å². The molecule has 0 saturated carbocycles. The van der Waals surface area contributed by atoms with Gasteiger partial charge < -0.3 is 11.1 Å². The predicted octanol–water partition coefficient (Wildman–Crippen LogP) is 3.58. The highest BCUT2D eigenvalue weighted by molar-refractivity contribution is 7.20. The molecule has 2 unspecified atom stereocenters. The lowest BCUT2D eigenvalue weighted by Crippen LogP contribution is -2.40. The highest BCUT2D eigenvalue weighted by Gasteiger charge is 2.21. The zero-order valence-electron chi connectivity index (χ0n) is 15.0. The second kappa shape index (κ2) is 6.98. The van der Waals surface area contributed by atoms with Crippen LogP contribution in [-0.4, -0.2) is 21.7 Å². The summed E-state index contributed by atoms with van der Waals surface area (Å²) >= 11 is 1.47. The maximum atomic E-state index is 12.7. The van der Waals surface area contributed by atoms with Gasteiger partial charge in [0.05, 0.1) is 10.6 Å². The lowest BCUT2D eigenvalue weighted by Gasteiger charge is -2.21. The number of carbonyl (C=O) groups is 1. The molecule has 1 amide bonds. The van der Waals surface area contributed by atoms with Gasteiger partial charge in [-0.15, -0.1) is 11.3 Å². The Hall–Kier alpha value is -2.18. The van der Waals surface area contributed by atoms with Gasteiger partial charge in [0.25, 0.3) is 5.91 Å². The van der Waals surface area contributed by atoms with Crippen LogP contribution in [0.2, 0.25) is 0 Å². The number of aryl methyl sites for hydroxylation is 1. The number of nitrogens with one attached hydrogen (secondary N) is 1. The molecule has 0 radical (unpaired) electrons. The van der Waals surface area contributed by atoms with Crippen LogP contribution in [0.25, 0.3) is 10.2 Å². The summed E-state index contributed by atoms with van der Waals surface area (Å²) in [5, 5.41) is 8.65. The van der Waals surface area contributed by atoms with E-state index in [2.05, 4.69) is 24.3 Å². The summed E-state index contributed by atoms with van der Waals surface area (Å²) in [4.78, 5) is 14.4. The maximum Gasteiger partial charge on any atom is 0.261 e. The number of nitrogens with two attached hydrogens (primary N) is 1. The Kier molecular flexibility index (Phi) is 4.92. The Labute approximate surface area is 151 Å². The Bertz CT molecular complexity index is 882. The Balaban J connectivity index is 1.79. The lowest BCUT2D eigenvalue weighted by atomic mass is 10.0. The van der Waals surface area contributed by atoms with E-state index in [1.807, 2.05) is 55.1 Å². The number of rotatable bonds is 5. The normalized spacial score (nSPS) is 14.0. The van der Waals surface area contributed by atoms with Crippen LogP contribution in [0.4, 0.5) is 0 Å². The van der Waals surface area contributed by atoms with Crippen molar-refractivity contribution in [3.8, 4) is 0 Å². The minimum absolute atomic E-state index is 0.0882. The molecule has 3 rings (SSSR count). The molecular formula is C19H24N4OS. The highest BCUT2D eigenvalue weighted by atomic mass is 32.1. The summed E-state index contributed by atoms with van der Waals surface area (Å²) in [7, 11) is 1.92. The van der Waals surface area contributed by atoms with E-state index < -0.39 is 0 Å². The number of hydrogen-bond donors (Lipinski definition) is 2. The third-order valence-electron chi connectivity index (χ3n) is 4.39. The smallest absolute Gasteiger partial charge is 0.261 e. The van der Waals surface area contributed by atoms with Gasteiger partial charge in [-0.3, -0.25) is 9.48 Å². The third kappa shape index (κ3) is 3.45. The standard InChI is InChI=1S/C19H24N4OS/c1-11(2)17-14-10-15(25-19(14)23(4)22-17)18(24)21-12(3)16(20)13-8-6-5-7-9-13/h5-12,16H,20H2,1-4H3,(H,21,24). The Morgan fingerprint density at radius 2 is 1.92 bits per heavy atom. The average Bonchev–Trinajstić information content (AvgIpc) is 3.15.